The molecule has 1 unspecified atom stereocenters. The molecule has 17 heavy (non-hydrogen) atoms. The first kappa shape index (κ1) is 15.7. The van der Waals surface area contributed by atoms with Gasteiger partial charge in [0.2, 0.25) is 5.91 Å². The molecule has 0 fully saturated rings. The standard InChI is InChI=1S/C13H23NO3/c1-3-5-6-12(15)14-10-9-11(4-2)7-8-13(16)17/h3,11H,1,4-10H2,2H3,(H,14,15)(H,16,17). The summed E-state index contributed by atoms with van der Waals surface area (Å²) in [6.45, 7) is 6.24. The van der Waals surface area contributed by atoms with Crippen molar-refractivity contribution in [2.24, 2.45) is 5.92 Å². The molecular weight excluding hydrogens is 218 g/mol. The van der Waals surface area contributed by atoms with Crippen LogP contribution in [0.1, 0.15) is 45.4 Å². The van der Waals surface area contributed by atoms with Crippen LogP contribution in [0.4, 0.5) is 0 Å². The van der Waals surface area contributed by atoms with Crippen molar-refractivity contribution < 1.29 is 14.7 Å². The second-order valence-corrected chi connectivity index (χ2v) is 4.17. The topological polar surface area (TPSA) is 66.4 Å². The molecule has 0 aliphatic carbocycles. The molecule has 0 aliphatic rings. The number of carboxylic acid groups (broad SMARTS) is 1. The van der Waals surface area contributed by atoms with Gasteiger partial charge in [-0.25, -0.2) is 0 Å². The van der Waals surface area contributed by atoms with E-state index in [1.54, 1.807) is 6.08 Å². The average molecular weight is 241 g/mol. The van der Waals surface area contributed by atoms with Gasteiger partial charge in [-0.05, 0) is 25.2 Å². The van der Waals surface area contributed by atoms with Crippen LogP contribution in [-0.2, 0) is 9.59 Å². The summed E-state index contributed by atoms with van der Waals surface area (Å²) in [5.74, 6) is -0.331. The van der Waals surface area contributed by atoms with Crippen molar-refractivity contribution >= 4 is 11.9 Å². The van der Waals surface area contributed by atoms with Gasteiger partial charge >= 0.3 is 5.97 Å². The van der Waals surface area contributed by atoms with Gasteiger partial charge in [0.05, 0.1) is 0 Å². The Bertz CT molecular complexity index is 251. The fraction of sp³-hybridized carbons (Fsp3) is 0.692. The number of carboxylic acids is 1. The van der Waals surface area contributed by atoms with Crippen LogP contribution >= 0.6 is 0 Å². The molecule has 1 atom stereocenters. The van der Waals surface area contributed by atoms with Crippen molar-refractivity contribution in [1.82, 2.24) is 5.32 Å². The van der Waals surface area contributed by atoms with E-state index in [1.165, 1.54) is 0 Å². The first-order valence-electron chi connectivity index (χ1n) is 6.19. The summed E-state index contributed by atoms with van der Waals surface area (Å²) in [5.41, 5.74) is 0. The largest absolute Gasteiger partial charge is 0.481 e. The molecule has 0 saturated carbocycles. The molecule has 0 radical (unpaired) electrons. The molecule has 2 N–H and O–H groups in total. The van der Waals surface area contributed by atoms with Gasteiger partial charge in [0.1, 0.15) is 0 Å². The van der Waals surface area contributed by atoms with E-state index in [0.717, 1.165) is 12.8 Å². The van der Waals surface area contributed by atoms with Crippen molar-refractivity contribution in [2.45, 2.75) is 45.4 Å². The highest BCUT2D eigenvalue weighted by molar-refractivity contribution is 5.75. The fourth-order valence-electron chi connectivity index (χ4n) is 1.62. The van der Waals surface area contributed by atoms with Gasteiger partial charge in [-0.2, -0.15) is 0 Å². The minimum absolute atomic E-state index is 0.0398. The maximum Gasteiger partial charge on any atom is 0.303 e. The predicted octanol–water partition coefficient (Wildman–Crippen LogP) is 2.35. The van der Waals surface area contributed by atoms with E-state index in [2.05, 4.69) is 11.9 Å². The summed E-state index contributed by atoms with van der Waals surface area (Å²) in [6.07, 6.45) is 5.61. The van der Waals surface area contributed by atoms with Crippen LogP contribution in [0, 0.1) is 5.92 Å². The molecule has 1 amide bonds. The van der Waals surface area contributed by atoms with Gasteiger partial charge in [-0.1, -0.05) is 19.4 Å². The summed E-state index contributed by atoms with van der Waals surface area (Å²) in [4.78, 5) is 21.7. The Hall–Kier alpha value is -1.32. The number of allylic oxidation sites excluding steroid dienone is 1. The zero-order valence-corrected chi connectivity index (χ0v) is 10.6. The monoisotopic (exact) mass is 241 g/mol. The third kappa shape index (κ3) is 9.60. The zero-order chi connectivity index (χ0) is 13.1. The van der Waals surface area contributed by atoms with Crippen LogP contribution in [0.15, 0.2) is 12.7 Å². The lowest BCUT2D eigenvalue weighted by molar-refractivity contribution is -0.137. The molecule has 0 aromatic heterocycles. The van der Waals surface area contributed by atoms with Crippen molar-refractivity contribution in [2.75, 3.05) is 6.54 Å². The highest BCUT2D eigenvalue weighted by Crippen LogP contribution is 2.14. The Morgan fingerprint density at radius 1 is 1.35 bits per heavy atom. The highest BCUT2D eigenvalue weighted by atomic mass is 16.4. The Kier molecular flexibility index (Phi) is 9.11. The lowest BCUT2D eigenvalue weighted by atomic mass is 9.96. The summed E-state index contributed by atoms with van der Waals surface area (Å²) >= 11 is 0. The second kappa shape index (κ2) is 9.87. The number of carbonyl (C=O) groups excluding carboxylic acids is 1. The van der Waals surface area contributed by atoms with E-state index >= 15 is 0 Å². The fourth-order valence-corrected chi connectivity index (χ4v) is 1.62. The van der Waals surface area contributed by atoms with Crippen LogP contribution in [0.25, 0.3) is 0 Å². The van der Waals surface area contributed by atoms with E-state index < -0.39 is 5.97 Å². The smallest absolute Gasteiger partial charge is 0.303 e. The van der Waals surface area contributed by atoms with Gasteiger partial charge in [0, 0.05) is 19.4 Å². The summed E-state index contributed by atoms with van der Waals surface area (Å²) in [6, 6.07) is 0. The Morgan fingerprint density at radius 3 is 2.59 bits per heavy atom. The third-order valence-corrected chi connectivity index (χ3v) is 2.79. The number of aliphatic carboxylic acids is 1. The molecule has 0 rings (SSSR count). The number of hydrogen-bond acceptors (Lipinski definition) is 2. The van der Waals surface area contributed by atoms with E-state index in [-0.39, 0.29) is 12.3 Å². The summed E-state index contributed by atoms with van der Waals surface area (Å²) in [7, 11) is 0. The molecule has 4 heteroatoms. The van der Waals surface area contributed by atoms with Gasteiger partial charge in [0.15, 0.2) is 0 Å². The van der Waals surface area contributed by atoms with Gasteiger partial charge in [-0.3, -0.25) is 9.59 Å². The van der Waals surface area contributed by atoms with Crippen molar-refractivity contribution in [3.63, 3.8) is 0 Å². The number of rotatable bonds is 10. The Morgan fingerprint density at radius 2 is 2.06 bits per heavy atom. The quantitative estimate of drug-likeness (QED) is 0.577. The maximum atomic E-state index is 11.3. The maximum absolute atomic E-state index is 11.3. The molecule has 4 nitrogen and oxygen atoms in total. The van der Waals surface area contributed by atoms with E-state index in [4.69, 9.17) is 5.11 Å². The minimum atomic E-state index is -0.751. The van der Waals surface area contributed by atoms with E-state index in [0.29, 0.717) is 31.7 Å². The molecule has 0 aliphatic heterocycles. The number of hydrogen-bond donors (Lipinski definition) is 2. The molecular formula is C13H23NO3. The van der Waals surface area contributed by atoms with Crippen molar-refractivity contribution in [3.8, 4) is 0 Å². The summed E-state index contributed by atoms with van der Waals surface area (Å²) in [5, 5.41) is 11.4. The molecule has 0 spiro atoms. The molecule has 98 valence electrons. The lowest BCUT2D eigenvalue weighted by Gasteiger charge is -2.13. The predicted molar refractivity (Wildman–Crippen MR) is 67.7 cm³/mol. The van der Waals surface area contributed by atoms with Crippen molar-refractivity contribution in [3.05, 3.63) is 12.7 Å². The van der Waals surface area contributed by atoms with Gasteiger partial charge < -0.3 is 10.4 Å². The minimum Gasteiger partial charge on any atom is -0.481 e. The van der Waals surface area contributed by atoms with Crippen LogP contribution in [-0.4, -0.2) is 23.5 Å². The lowest BCUT2D eigenvalue weighted by Crippen LogP contribution is -2.25. The molecule has 0 heterocycles. The normalized spacial score (nSPS) is 11.8. The Balaban J connectivity index is 3.64. The average Bonchev–Trinajstić information content (AvgIpc) is 2.30. The first-order valence-corrected chi connectivity index (χ1v) is 6.19. The number of carbonyl (C=O) groups is 2. The zero-order valence-electron chi connectivity index (χ0n) is 10.6. The van der Waals surface area contributed by atoms with Crippen LogP contribution in [0.3, 0.4) is 0 Å². The van der Waals surface area contributed by atoms with Gasteiger partial charge in [0.25, 0.3) is 0 Å². The second-order valence-electron chi connectivity index (χ2n) is 4.17. The highest BCUT2D eigenvalue weighted by Gasteiger charge is 2.09. The van der Waals surface area contributed by atoms with Crippen LogP contribution in [0.5, 0.6) is 0 Å². The molecule has 0 bridgehead atoms. The summed E-state index contributed by atoms with van der Waals surface area (Å²) < 4.78 is 0. The van der Waals surface area contributed by atoms with Crippen LogP contribution < -0.4 is 5.32 Å². The first-order chi connectivity index (χ1) is 8.10. The van der Waals surface area contributed by atoms with E-state index in [1.807, 2.05) is 6.92 Å². The van der Waals surface area contributed by atoms with E-state index in [9.17, 15) is 9.59 Å². The Labute approximate surface area is 103 Å². The SMILES string of the molecule is C=CCCC(=O)NCCC(CC)CCC(=O)O. The molecule has 0 saturated heterocycles. The third-order valence-electron chi connectivity index (χ3n) is 2.79. The van der Waals surface area contributed by atoms with Crippen LogP contribution in [0.2, 0.25) is 0 Å². The molecule has 0 aromatic carbocycles. The number of amides is 1. The van der Waals surface area contributed by atoms with Crippen molar-refractivity contribution in [1.29, 1.82) is 0 Å². The van der Waals surface area contributed by atoms with Gasteiger partial charge in [-0.15, -0.1) is 6.58 Å². The number of nitrogens with one attached hydrogen (secondary N) is 1. The molecule has 0 aromatic rings.